The second-order valence-corrected chi connectivity index (χ2v) is 3.76. The zero-order valence-electron chi connectivity index (χ0n) is 9.94. The SMILES string of the molecule is CC(C)OCCCNc1ccnc(CN)n1. The first-order valence-corrected chi connectivity index (χ1v) is 5.60. The van der Waals surface area contributed by atoms with Gasteiger partial charge < -0.3 is 15.8 Å². The number of ether oxygens (including phenoxy) is 1. The third kappa shape index (κ3) is 5.04. The molecule has 0 fully saturated rings. The van der Waals surface area contributed by atoms with E-state index in [1.54, 1.807) is 6.20 Å². The summed E-state index contributed by atoms with van der Waals surface area (Å²) in [6.45, 7) is 6.04. The number of nitrogens with one attached hydrogen (secondary N) is 1. The Hall–Kier alpha value is -1.20. The lowest BCUT2D eigenvalue weighted by Gasteiger charge is -2.08. The summed E-state index contributed by atoms with van der Waals surface area (Å²) in [6.07, 6.45) is 2.96. The second-order valence-electron chi connectivity index (χ2n) is 3.76. The van der Waals surface area contributed by atoms with Crippen LogP contribution in [0.1, 0.15) is 26.1 Å². The van der Waals surface area contributed by atoms with Crippen molar-refractivity contribution in [3.05, 3.63) is 18.1 Å². The highest BCUT2D eigenvalue weighted by molar-refractivity contribution is 5.32. The third-order valence-corrected chi connectivity index (χ3v) is 1.97. The molecule has 0 aliphatic rings. The van der Waals surface area contributed by atoms with Gasteiger partial charge in [0.05, 0.1) is 12.6 Å². The number of aromatic nitrogens is 2. The lowest BCUT2D eigenvalue weighted by atomic mass is 10.4. The van der Waals surface area contributed by atoms with Gasteiger partial charge in [-0.3, -0.25) is 0 Å². The van der Waals surface area contributed by atoms with E-state index in [0.29, 0.717) is 18.5 Å². The second kappa shape index (κ2) is 7.14. The van der Waals surface area contributed by atoms with Crippen molar-refractivity contribution in [1.29, 1.82) is 0 Å². The van der Waals surface area contributed by atoms with Crippen molar-refractivity contribution in [3.8, 4) is 0 Å². The highest BCUT2D eigenvalue weighted by Gasteiger charge is 1.97. The quantitative estimate of drug-likeness (QED) is 0.680. The molecule has 0 radical (unpaired) electrons. The van der Waals surface area contributed by atoms with Crippen molar-refractivity contribution in [2.75, 3.05) is 18.5 Å². The number of anilines is 1. The summed E-state index contributed by atoms with van der Waals surface area (Å²) in [4.78, 5) is 8.26. The van der Waals surface area contributed by atoms with E-state index >= 15 is 0 Å². The Morgan fingerprint density at radius 2 is 2.31 bits per heavy atom. The number of nitrogens with zero attached hydrogens (tertiary/aromatic N) is 2. The van der Waals surface area contributed by atoms with Gasteiger partial charge in [-0.1, -0.05) is 0 Å². The molecule has 1 aromatic heterocycles. The largest absolute Gasteiger partial charge is 0.379 e. The number of hydrogen-bond acceptors (Lipinski definition) is 5. The van der Waals surface area contributed by atoms with Crippen LogP contribution in [0.3, 0.4) is 0 Å². The van der Waals surface area contributed by atoms with Crippen LogP contribution in [0.15, 0.2) is 12.3 Å². The summed E-state index contributed by atoms with van der Waals surface area (Å²) in [7, 11) is 0. The molecule has 3 N–H and O–H groups in total. The Bertz CT molecular complexity index is 304. The molecule has 0 amide bonds. The van der Waals surface area contributed by atoms with Gasteiger partial charge in [-0.25, -0.2) is 9.97 Å². The van der Waals surface area contributed by atoms with Crippen LogP contribution in [0.5, 0.6) is 0 Å². The minimum atomic E-state index is 0.294. The minimum Gasteiger partial charge on any atom is -0.379 e. The Labute approximate surface area is 96.4 Å². The van der Waals surface area contributed by atoms with E-state index in [1.165, 1.54) is 0 Å². The molecule has 0 unspecified atom stereocenters. The average Bonchev–Trinajstić information content (AvgIpc) is 2.28. The van der Waals surface area contributed by atoms with Gasteiger partial charge in [0.25, 0.3) is 0 Å². The fourth-order valence-corrected chi connectivity index (χ4v) is 1.20. The van der Waals surface area contributed by atoms with Gasteiger partial charge in [0, 0.05) is 19.3 Å². The number of rotatable bonds is 7. The molecule has 0 spiro atoms. The van der Waals surface area contributed by atoms with E-state index in [1.807, 2.05) is 19.9 Å². The Morgan fingerprint density at radius 1 is 1.50 bits per heavy atom. The molecule has 0 saturated carbocycles. The van der Waals surface area contributed by atoms with Crippen molar-refractivity contribution < 1.29 is 4.74 Å². The van der Waals surface area contributed by atoms with Crippen molar-refractivity contribution in [1.82, 2.24) is 9.97 Å². The van der Waals surface area contributed by atoms with E-state index < -0.39 is 0 Å². The van der Waals surface area contributed by atoms with Crippen LogP contribution < -0.4 is 11.1 Å². The van der Waals surface area contributed by atoms with Crippen molar-refractivity contribution in [3.63, 3.8) is 0 Å². The highest BCUT2D eigenvalue weighted by Crippen LogP contribution is 2.01. The van der Waals surface area contributed by atoms with E-state index in [2.05, 4.69) is 15.3 Å². The van der Waals surface area contributed by atoms with Crippen LogP contribution in [0, 0.1) is 0 Å². The van der Waals surface area contributed by atoms with Crippen molar-refractivity contribution >= 4 is 5.82 Å². The van der Waals surface area contributed by atoms with E-state index in [9.17, 15) is 0 Å². The molecule has 0 aliphatic carbocycles. The Balaban J connectivity index is 2.21. The van der Waals surface area contributed by atoms with Gasteiger partial charge >= 0.3 is 0 Å². The Kier molecular flexibility index (Phi) is 5.74. The van der Waals surface area contributed by atoms with Crippen molar-refractivity contribution in [2.45, 2.75) is 32.9 Å². The fraction of sp³-hybridized carbons (Fsp3) is 0.636. The molecule has 90 valence electrons. The maximum atomic E-state index is 5.46. The van der Waals surface area contributed by atoms with Crippen LogP contribution in [0.4, 0.5) is 5.82 Å². The summed E-state index contributed by atoms with van der Waals surface area (Å²) in [5, 5.41) is 3.21. The van der Waals surface area contributed by atoms with Gasteiger partial charge in [0.1, 0.15) is 11.6 Å². The van der Waals surface area contributed by atoms with Gasteiger partial charge in [0.15, 0.2) is 0 Å². The van der Waals surface area contributed by atoms with Gasteiger partial charge in [0.2, 0.25) is 0 Å². The maximum Gasteiger partial charge on any atom is 0.144 e. The molecular weight excluding hydrogens is 204 g/mol. The molecule has 5 heteroatoms. The van der Waals surface area contributed by atoms with Crippen LogP contribution >= 0.6 is 0 Å². The molecule has 0 bridgehead atoms. The standard InChI is InChI=1S/C11H20N4O/c1-9(2)16-7-3-5-13-10-4-6-14-11(8-12)15-10/h4,6,9H,3,5,7-8,12H2,1-2H3,(H,13,14,15). The van der Waals surface area contributed by atoms with Crippen LogP contribution in [0.25, 0.3) is 0 Å². The summed E-state index contributed by atoms with van der Waals surface area (Å²) in [5.41, 5.74) is 5.46. The number of nitrogens with two attached hydrogens (primary N) is 1. The first kappa shape index (κ1) is 12.9. The molecule has 0 saturated heterocycles. The molecule has 0 atom stereocenters. The fourth-order valence-electron chi connectivity index (χ4n) is 1.20. The third-order valence-electron chi connectivity index (χ3n) is 1.97. The molecule has 5 nitrogen and oxygen atoms in total. The first-order valence-electron chi connectivity index (χ1n) is 5.60. The summed E-state index contributed by atoms with van der Waals surface area (Å²) in [5.74, 6) is 1.48. The molecule has 1 rings (SSSR count). The molecule has 0 aliphatic heterocycles. The van der Waals surface area contributed by atoms with Crippen molar-refractivity contribution in [2.24, 2.45) is 5.73 Å². The monoisotopic (exact) mass is 224 g/mol. The van der Waals surface area contributed by atoms with Crippen LogP contribution in [-0.2, 0) is 11.3 Å². The van der Waals surface area contributed by atoms with E-state index in [4.69, 9.17) is 10.5 Å². The van der Waals surface area contributed by atoms with Crippen LogP contribution in [0.2, 0.25) is 0 Å². The van der Waals surface area contributed by atoms with Gasteiger partial charge in [-0.05, 0) is 26.3 Å². The van der Waals surface area contributed by atoms with Crippen LogP contribution in [-0.4, -0.2) is 29.2 Å². The predicted octanol–water partition coefficient (Wildman–Crippen LogP) is 1.16. The molecule has 1 heterocycles. The smallest absolute Gasteiger partial charge is 0.144 e. The Morgan fingerprint density at radius 3 is 3.00 bits per heavy atom. The minimum absolute atomic E-state index is 0.294. The summed E-state index contributed by atoms with van der Waals surface area (Å²) >= 11 is 0. The normalized spacial score (nSPS) is 10.8. The van der Waals surface area contributed by atoms with E-state index in [0.717, 1.165) is 25.4 Å². The zero-order chi connectivity index (χ0) is 11.8. The van der Waals surface area contributed by atoms with E-state index in [-0.39, 0.29) is 0 Å². The topological polar surface area (TPSA) is 73.1 Å². The molecule has 0 aromatic carbocycles. The lowest BCUT2D eigenvalue weighted by molar-refractivity contribution is 0.0787. The highest BCUT2D eigenvalue weighted by atomic mass is 16.5. The zero-order valence-corrected chi connectivity index (χ0v) is 9.94. The average molecular weight is 224 g/mol. The van der Waals surface area contributed by atoms with Gasteiger partial charge in [-0.2, -0.15) is 0 Å². The summed E-state index contributed by atoms with van der Waals surface area (Å²) < 4.78 is 5.43. The predicted molar refractivity (Wildman–Crippen MR) is 64.1 cm³/mol. The lowest BCUT2D eigenvalue weighted by Crippen LogP contribution is -2.11. The number of hydrogen-bond donors (Lipinski definition) is 2. The first-order chi connectivity index (χ1) is 7.72. The molecular formula is C11H20N4O. The van der Waals surface area contributed by atoms with Gasteiger partial charge in [-0.15, -0.1) is 0 Å². The molecule has 16 heavy (non-hydrogen) atoms. The summed E-state index contributed by atoms with van der Waals surface area (Å²) in [6, 6.07) is 1.84. The maximum absolute atomic E-state index is 5.46. The molecule has 1 aromatic rings.